The van der Waals surface area contributed by atoms with Gasteiger partial charge in [-0.2, -0.15) is 4.99 Å². The highest BCUT2D eigenvalue weighted by atomic mass is 28.4. The number of nitrogens with zero attached hydrogens (tertiary/aromatic N) is 1. The van der Waals surface area contributed by atoms with Crippen LogP contribution in [0.25, 0.3) is 0 Å². The minimum atomic E-state index is -2.53. The molecule has 0 heterocycles. The third-order valence-electron chi connectivity index (χ3n) is 1.47. The minimum absolute atomic E-state index is 0.0504. The lowest BCUT2D eigenvalue weighted by molar-refractivity contribution is 0.103. The van der Waals surface area contributed by atoms with Gasteiger partial charge >= 0.3 is 8.80 Å². The van der Waals surface area contributed by atoms with E-state index in [9.17, 15) is 4.79 Å². The molecule has 0 aliphatic heterocycles. The Labute approximate surface area is 72.7 Å². The van der Waals surface area contributed by atoms with Gasteiger partial charge in [-0.05, 0) is 0 Å². The smallest absolute Gasteiger partial charge is 0.377 e. The van der Waals surface area contributed by atoms with E-state index in [2.05, 4.69) is 4.99 Å². The van der Waals surface area contributed by atoms with Gasteiger partial charge in [0.2, 0.25) is 6.08 Å². The molecule has 0 rings (SSSR count). The van der Waals surface area contributed by atoms with Crippen molar-refractivity contribution in [1.29, 1.82) is 0 Å². The summed E-state index contributed by atoms with van der Waals surface area (Å²) in [4.78, 5) is 13.0. The lowest BCUT2D eigenvalue weighted by Crippen LogP contribution is -2.43. The third kappa shape index (κ3) is 3.25. The fourth-order valence-corrected chi connectivity index (χ4v) is 2.19. The number of carbonyl (C=O) groups excluding carboxylic acids is 1. The largest absolute Gasteiger partial charge is 0.501 e. The van der Waals surface area contributed by atoms with Gasteiger partial charge in [-0.1, -0.05) is 6.92 Å². The molecule has 0 aliphatic carbocycles. The zero-order valence-corrected chi connectivity index (χ0v) is 8.49. The van der Waals surface area contributed by atoms with E-state index < -0.39 is 8.80 Å². The van der Waals surface area contributed by atoms with Crippen LogP contribution in [-0.4, -0.2) is 35.8 Å². The Balaban J connectivity index is 4.00. The summed E-state index contributed by atoms with van der Waals surface area (Å²) >= 11 is 0. The molecule has 0 aromatic carbocycles. The highest BCUT2D eigenvalue weighted by molar-refractivity contribution is 6.60. The Bertz CT molecular complexity index is 157. The Hall–Kier alpha value is -0.523. The molecule has 0 saturated heterocycles. The normalized spacial score (nSPS) is 10.9. The van der Waals surface area contributed by atoms with E-state index in [0.717, 1.165) is 0 Å². The molecule has 0 aliphatic rings. The van der Waals surface area contributed by atoms with Gasteiger partial charge in [0.1, 0.15) is 6.73 Å². The summed E-state index contributed by atoms with van der Waals surface area (Å²) in [6.45, 7) is 1.84. The standard InChI is InChI=1S/C6H13NO4Si/c1-4-12(9-2,10-3)11-6-7-5-8/h4,6H2,1-3H3. The highest BCUT2D eigenvalue weighted by Crippen LogP contribution is 2.12. The monoisotopic (exact) mass is 191 g/mol. The lowest BCUT2D eigenvalue weighted by Gasteiger charge is -2.23. The Morgan fingerprint density at radius 3 is 2.33 bits per heavy atom. The first-order valence-electron chi connectivity index (χ1n) is 3.52. The molecule has 70 valence electrons. The van der Waals surface area contributed by atoms with E-state index in [0.29, 0.717) is 6.04 Å². The summed E-state index contributed by atoms with van der Waals surface area (Å²) in [5, 5.41) is 0. The molecule has 0 fully saturated rings. The quantitative estimate of drug-likeness (QED) is 0.349. The zero-order valence-electron chi connectivity index (χ0n) is 7.49. The number of rotatable bonds is 6. The molecule has 5 nitrogen and oxygen atoms in total. The van der Waals surface area contributed by atoms with Crippen molar-refractivity contribution in [2.24, 2.45) is 4.99 Å². The summed E-state index contributed by atoms with van der Waals surface area (Å²) in [6, 6.07) is 0.647. The predicted molar refractivity (Wildman–Crippen MR) is 44.3 cm³/mol. The summed E-state index contributed by atoms with van der Waals surface area (Å²) in [5.41, 5.74) is 0. The van der Waals surface area contributed by atoms with Crippen LogP contribution in [0.15, 0.2) is 4.99 Å². The fourth-order valence-electron chi connectivity index (χ4n) is 0.749. The van der Waals surface area contributed by atoms with Crippen LogP contribution >= 0.6 is 0 Å². The lowest BCUT2D eigenvalue weighted by atomic mass is 11.0. The first kappa shape index (κ1) is 11.5. The second-order valence-corrected chi connectivity index (χ2v) is 5.15. The van der Waals surface area contributed by atoms with Crippen LogP contribution in [0.1, 0.15) is 6.92 Å². The van der Waals surface area contributed by atoms with Gasteiger partial charge in [0.15, 0.2) is 0 Å². The fraction of sp³-hybridized carbons (Fsp3) is 0.833. The second kappa shape index (κ2) is 6.04. The van der Waals surface area contributed by atoms with Gasteiger partial charge in [-0.3, -0.25) is 0 Å². The molecule has 0 bridgehead atoms. The van der Waals surface area contributed by atoms with Gasteiger partial charge in [-0.15, -0.1) is 0 Å². The average Bonchev–Trinajstić information content (AvgIpc) is 2.14. The van der Waals surface area contributed by atoms with Crippen molar-refractivity contribution in [3.8, 4) is 0 Å². The van der Waals surface area contributed by atoms with Crippen LogP contribution in [0, 0.1) is 0 Å². The van der Waals surface area contributed by atoms with E-state index in [-0.39, 0.29) is 6.73 Å². The van der Waals surface area contributed by atoms with E-state index in [4.69, 9.17) is 13.3 Å². The molecular weight excluding hydrogens is 178 g/mol. The maximum Gasteiger partial charge on any atom is 0.501 e. The van der Waals surface area contributed by atoms with Crippen molar-refractivity contribution in [1.82, 2.24) is 0 Å². The Morgan fingerprint density at radius 2 is 2.00 bits per heavy atom. The summed E-state index contributed by atoms with van der Waals surface area (Å²) in [5.74, 6) is 0. The van der Waals surface area contributed by atoms with Crippen LogP contribution in [0.2, 0.25) is 6.04 Å². The summed E-state index contributed by atoms with van der Waals surface area (Å²) < 4.78 is 15.4. The topological polar surface area (TPSA) is 57.1 Å². The molecule has 0 spiro atoms. The van der Waals surface area contributed by atoms with Gasteiger partial charge in [0.25, 0.3) is 0 Å². The predicted octanol–water partition coefficient (Wildman–Crippen LogP) is 0.548. The van der Waals surface area contributed by atoms with E-state index in [1.807, 2.05) is 6.92 Å². The van der Waals surface area contributed by atoms with Crippen molar-refractivity contribution >= 4 is 14.9 Å². The molecule has 0 amide bonds. The summed E-state index contributed by atoms with van der Waals surface area (Å²) in [7, 11) is 0.508. The number of hydrogen-bond acceptors (Lipinski definition) is 5. The number of isocyanates is 1. The van der Waals surface area contributed by atoms with Crippen LogP contribution < -0.4 is 0 Å². The highest BCUT2D eigenvalue weighted by Gasteiger charge is 2.36. The molecule has 0 unspecified atom stereocenters. The number of aliphatic imine (C=N–C) groups is 1. The van der Waals surface area contributed by atoms with Gasteiger partial charge < -0.3 is 13.3 Å². The van der Waals surface area contributed by atoms with Gasteiger partial charge in [0, 0.05) is 20.3 Å². The molecule has 0 aromatic heterocycles. The maximum absolute atomic E-state index is 9.72. The first-order valence-corrected chi connectivity index (χ1v) is 5.45. The van der Waals surface area contributed by atoms with Crippen molar-refractivity contribution < 1.29 is 18.1 Å². The molecular formula is C6H13NO4Si. The third-order valence-corrected chi connectivity index (χ3v) is 4.15. The minimum Gasteiger partial charge on any atom is -0.377 e. The van der Waals surface area contributed by atoms with Crippen molar-refractivity contribution in [3.63, 3.8) is 0 Å². The molecule has 0 aromatic rings. The number of hydrogen-bond donors (Lipinski definition) is 0. The summed E-state index contributed by atoms with van der Waals surface area (Å²) in [6.07, 6.45) is 1.37. The molecule has 12 heavy (non-hydrogen) atoms. The molecule has 0 saturated carbocycles. The Morgan fingerprint density at radius 1 is 1.42 bits per heavy atom. The van der Waals surface area contributed by atoms with Crippen LogP contribution in [0.4, 0.5) is 0 Å². The van der Waals surface area contributed by atoms with Crippen molar-refractivity contribution in [2.45, 2.75) is 13.0 Å². The van der Waals surface area contributed by atoms with E-state index in [1.54, 1.807) is 0 Å². The maximum atomic E-state index is 9.72. The van der Waals surface area contributed by atoms with Gasteiger partial charge in [0.05, 0.1) is 0 Å². The van der Waals surface area contributed by atoms with Crippen LogP contribution in [-0.2, 0) is 18.1 Å². The van der Waals surface area contributed by atoms with Crippen LogP contribution in [0.3, 0.4) is 0 Å². The SMILES string of the molecule is CC[Si](OC)(OC)OCN=C=O. The molecule has 0 N–H and O–H groups in total. The second-order valence-electron chi connectivity index (χ2n) is 1.97. The van der Waals surface area contributed by atoms with Gasteiger partial charge in [-0.25, -0.2) is 4.79 Å². The van der Waals surface area contributed by atoms with E-state index >= 15 is 0 Å². The van der Waals surface area contributed by atoms with Crippen LogP contribution in [0.5, 0.6) is 0 Å². The van der Waals surface area contributed by atoms with Crippen molar-refractivity contribution in [3.05, 3.63) is 0 Å². The molecule has 0 atom stereocenters. The molecule has 6 heteroatoms. The Kier molecular flexibility index (Phi) is 5.78. The van der Waals surface area contributed by atoms with Crippen molar-refractivity contribution in [2.75, 3.05) is 21.0 Å². The average molecular weight is 191 g/mol. The molecule has 0 radical (unpaired) electrons. The van der Waals surface area contributed by atoms with E-state index in [1.165, 1.54) is 20.3 Å². The first-order chi connectivity index (χ1) is 5.74. The zero-order chi connectivity index (χ0) is 9.45.